The molecule has 4 rings (SSSR count). The van der Waals surface area contributed by atoms with Gasteiger partial charge in [-0.3, -0.25) is 14.6 Å². The number of anilines is 2. The lowest BCUT2D eigenvalue weighted by molar-refractivity contribution is 0.0459. The monoisotopic (exact) mass is 476 g/mol. The first-order valence-corrected chi connectivity index (χ1v) is 10.9. The standard InChI is InChI=1S/C25H21ClN4O4/c1-3-30-24(32)22(28-20-13-27-12-17-8-4-5-10-19(17)20)21(15(2)31)23(29-30)25(33)34-14-16-7-6-9-18(26)11-16/h4-13,28H,3,14H2,1-2H3. The first kappa shape index (κ1) is 23.1. The number of nitrogens with one attached hydrogen (secondary N) is 1. The number of fused-ring (bicyclic) bond motifs is 1. The predicted octanol–water partition coefficient (Wildman–Crippen LogP) is 4.77. The number of aryl methyl sites for hydroxylation is 1. The largest absolute Gasteiger partial charge is 0.456 e. The fourth-order valence-corrected chi connectivity index (χ4v) is 3.79. The maximum Gasteiger partial charge on any atom is 0.359 e. The highest BCUT2D eigenvalue weighted by Crippen LogP contribution is 2.27. The molecule has 4 aromatic rings. The normalized spacial score (nSPS) is 10.8. The third kappa shape index (κ3) is 4.67. The lowest BCUT2D eigenvalue weighted by Gasteiger charge is -2.16. The van der Waals surface area contributed by atoms with Gasteiger partial charge < -0.3 is 10.1 Å². The Bertz CT molecular complexity index is 1460. The van der Waals surface area contributed by atoms with Crippen molar-refractivity contribution in [2.45, 2.75) is 27.0 Å². The van der Waals surface area contributed by atoms with Crippen LogP contribution in [-0.4, -0.2) is 26.5 Å². The van der Waals surface area contributed by atoms with Gasteiger partial charge in [0.2, 0.25) is 0 Å². The zero-order chi connectivity index (χ0) is 24.2. The number of pyridine rings is 1. The van der Waals surface area contributed by atoms with E-state index < -0.39 is 17.3 Å². The summed E-state index contributed by atoms with van der Waals surface area (Å²) in [4.78, 5) is 43.0. The molecule has 1 N–H and O–H groups in total. The Labute approximate surface area is 200 Å². The minimum atomic E-state index is -0.827. The number of ketones is 1. The van der Waals surface area contributed by atoms with E-state index in [0.29, 0.717) is 16.3 Å². The molecular formula is C25H21ClN4O4. The van der Waals surface area contributed by atoms with Gasteiger partial charge in [0.15, 0.2) is 11.5 Å². The molecule has 9 heteroatoms. The Hall–Kier alpha value is -4.04. The lowest BCUT2D eigenvalue weighted by Crippen LogP contribution is -2.31. The minimum absolute atomic E-state index is 0.0581. The van der Waals surface area contributed by atoms with Crippen LogP contribution in [0.3, 0.4) is 0 Å². The molecule has 0 radical (unpaired) electrons. The molecule has 8 nitrogen and oxygen atoms in total. The number of nitrogens with zero attached hydrogens (tertiary/aromatic N) is 3. The van der Waals surface area contributed by atoms with E-state index in [1.54, 1.807) is 43.6 Å². The molecule has 0 aliphatic carbocycles. The molecule has 0 aliphatic rings. The van der Waals surface area contributed by atoms with Gasteiger partial charge in [0.05, 0.1) is 17.4 Å². The number of halogens is 1. The number of Topliss-reactive ketones (excluding diaryl/α,β-unsaturated/α-hetero) is 1. The first-order valence-electron chi connectivity index (χ1n) is 10.6. The Morgan fingerprint density at radius 3 is 2.65 bits per heavy atom. The average molecular weight is 477 g/mol. The van der Waals surface area contributed by atoms with Crippen molar-refractivity contribution in [1.82, 2.24) is 14.8 Å². The summed E-state index contributed by atoms with van der Waals surface area (Å²) in [5, 5.41) is 9.33. The van der Waals surface area contributed by atoms with Gasteiger partial charge in [-0.1, -0.05) is 48.0 Å². The molecular weight excluding hydrogens is 456 g/mol. The Morgan fingerprint density at radius 1 is 1.12 bits per heavy atom. The number of ether oxygens (including phenoxy) is 1. The summed E-state index contributed by atoms with van der Waals surface area (Å²) in [7, 11) is 0. The van der Waals surface area contributed by atoms with Crippen LogP contribution in [0.25, 0.3) is 10.8 Å². The molecule has 0 saturated carbocycles. The molecule has 172 valence electrons. The third-order valence-corrected chi connectivity index (χ3v) is 5.42. The number of hydrogen-bond donors (Lipinski definition) is 1. The molecule has 34 heavy (non-hydrogen) atoms. The molecule has 2 aromatic carbocycles. The first-order chi connectivity index (χ1) is 16.4. The highest BCUT2D eigenvalue weighted by atomic mass is 35.5. The molecule has 0 aliphatic heterocycles. The van der Waals surface area contributed by atoms with Crippen molar-refractivity contribution in [3.63, 3.8) is 0 Å². The van der Waals surface area contributed by atoms with Gasteiger partial charge in [0, 0.05) is 28.5 Å². The van der Waals surface area contributed by atoms with Crippen LogP contribution in [0.1, 0.15) is 40.3 Å². The van der Waals surface area contributed by atoms with Crippen molar-refractivity contribution >= 4 is 45.5 Å². The number of carbonyl (C=O) groups is 2. The highest BCUT2D eigenvalue weighted by Gasteiger charge is 2.26. The van der Waals surface area contributed by atoms with E-state index >= 15 is 0 Å². The van der Waals surface area contributed by atoms with E-state index in [0.717, 1.165) is 15.5 Å². The Morgan fingerprint density at radius 2 is 1.91 bits per heavy atom. The van der Waals surface area contributed by atoms with Gasteiger partial charge in [-0.05, 0) is 31.5 Å². The molecule has 2 aromatic heterocycles. The highest BCUT2D eigenvalue weighted by molar-refractivity contribution is 6.30. The minimum Gasteiger partial charge on any atom is -0.456 e. The molecule has 0 unspecified atom stereocenters. The van der Waals surface area contributed by atoms with E-state index in [1.165, 1.54) is 6.92 Å². The molecule has 0 atom stereocenters. The summed E-state index contributed by atoms with van der Waals surface area (Å²) in [6.07, 6.45) is 3.25. The van der Waals surface area contributed by atoms with Crippen LogP contribution >= 0.6 is 11.6 Å². The molecule has 0 saturated heterocycles. The van der Waals surface area contributed by atoms with E-state index in [9.17, 15) is 14.4 Å². The number of aromatic nitrogens is 3. The predicted molar refractivity (Wildman–Crippen MR) is 130 cm³/mol. The molecule has 0 fully saturated rings. The van der Waals surface area contributed by atoms with E-state index in [2.05, 4.69) is 15.4 Å². The van der Waals surface area contributed by atoms with Crippen molar-refractivity contribution < 1.29 is 14.3 Å². The third-order valence-electron chi connectivity index (χ3n) is 5.19. The SMILES string of the molecule is CCn1nc(C(=O)OCc2cccc(Cl)c2)c(C(C)=O)c(Nc2cncc3ccccc23)c1=O. The molecule has 0 bridgehead atoms. The average Bonchev–Trinajstić information content (AvgIpc) is 2.83. The van der Waals surface area contributed by atoms with Gasteiger partial charge in [-0.15, -0.1) is 0 Å². The van der Waals surface area contributed by atoms with Crippen LogP contribution in [0, 0.1) is 0 Å². The number of carbonyl (C=O) groups excluding carboxylic acids is 2. The van der Waals surface area contributed by atoms with Crippen LogP contribution < -0.4 is 10.9 Å². The van der Waals surface area contributed by atoms with Crippen molar-refractivity contribution in [3.05, 3.63) is 93.1 Å². The van der Waals surface area contributed by atoms with Gasteiger partial charge in [-0.25, -0.2) is 9.48 Å². The zero-order valence-corrected chi connectivity index (χ0v) is 19.3. The summed E-state index contributed by atoms with van der Waals surface area (Å²) in [5.74, 6) is -1.33. The summed E-state index contributed by atoms with van der Waals surface area (Å²) in [5.41, 5.74) is 0.216. The summed E-state index contributed by atoms with van der Waals surface area (Å²) in [6.45, 7) is 3.10. The lowest BCUT2D eigenvalue weighted by atomic mass is 10.1. The number of esters is 1. The van der Waals surface area contributed by atoms with Gasteiger partial charge >= 0.3 is 5.97 Å². The number of benzene rings is 2. The van der Waals surface area contributed by atoms with Crippen LogP contribution in [0.5, 0.6) is 0 Å². The van der Waals surface area contributed by atoms with Crippen molar-refractivity contribution in [2.24, 2.45) is 0 Å². The Kier molecular flexibility index (Phi) is 6.70. The second-order valence-electron chi connectivity index (χ2n) is 7.51. The van der Waals surface area contributed by atoms with E-state index in [1.807, 2.05) is 24.3 Å². The summed E-state index contributed by atoms with van der Waals surface area (Å²) in [6, 6.07) is 14.4. The van der Waals surface area contributed by atoms with Crippen LogP contribution in [0.4, 0.5) is 11.4 Å². The quantitative estimate of drug-likeness (QED) is 0.302. The molecule has 0 amide bonds. The molecule has 0 spiro atoms. The maximum absolute atomic E-state index is 13.2. The van der Waals surface area contributed by atoms with Crippen LogP contribution in [0.15, 0.2) is 65.7 Å². The number of hydrogen-bond acceptors (Lipinski definition) is 7. The number of rotatable bonds is 7. The maximum atomic E-state index is 13.2. The second-order valence-corrected chi connectivity index (χ2v) is 7.95. The van der Waals surface area contributed by atoms with Gasteiger partial charge in [0.25, 0.3) is 5.56 Å². The van der Waals surface area contributed by atoms with E-state index in [4.69, 9.17) is 16.3 Å². The fraction of sp³-hybridized carbons (Fsp3) is 0.160. The van der Waals surface area contributed by atoms with E-state index in [-0.39, 0.29) is 30.1 Å². The summed E-state index contributed by atoms with van der Waals surface area (Å²) < 4.78 is 6.52. The Balaban J connectivity index is 1.78. The fourth-order valence-electron chi connectivity index (χ4n) is 3.58. The van der Waals surface area contributed by atoms with Crippen molar-refractivity contribution in [1.29, 1.82) is 0 Å². The zero-order valence-electron chi connectivity index (χ0n) is 18.5. The van der Waals surface area contributed by atoms with Crippen LogP contribution in [0.2, 0.25) is 5.02 Å². The van der Waals surface area contributed by atoms with Gasteiger partial charge in [0.1, 0.15) is 12.3 Å². The van der Waals surface area contributed by atoms with Crippen molar-refractivity contribution in [2.75, 3.05) is 5.32 Å². The topological polar surface area (TPSA) is 103 Å². The van der Waals surface area contributed by atoms with Crippen LogP contribution in [-0.2, 0) is 17.9 Å². The van der Waals surface area contributed by atoms with Crippen molar-refractivity contribution in [3.8, 4) is 0 Å². The summed E-state index contributed by atoms with van der Waals surface area (Å²) >= 11 is 5.99. The second kappa shape index (κ2) is 9.84. The molecule has 2 heterocycles. The smallest absolute Gasteiger partial charge is 0.359 e. The van der Waals surface area contributed by atoms with Gasteiger partial charge in [-0.2, -0.15) is 5.10 Å².